The highest BCUT2D eigenvalue weighted by atomic mass is 32.2. The van der Waals surface area contributed by atoms with E-state index in [-0.39, 0.29) is 11.7 Å². The number of nitrogens with one attached hydrogen (secondary N) is 1. The van der Waals surface area contributed by atoms with Gasteiger partial charge in [-0.1, -0.05) is 11.8 Å². The van der Waals surface area contributed by atoms with Crippen LogP contribution in [0.4, 0.5) is 11.4 Å². The van der Waals surface area contributed by atoms with Crippen LogP contribution in [-0.2, 0) is 4.79 Å². The highest BCUT2D eigenvalue weighted by molar-refractivity contribution is 7.99. The summed E-state index contributed by atoms with van der Waals surface area (Å²) < 4.78 is 10.2. The van der Waals surface area contributed by atoms with E-state index in [2.05, 4.69) is 10.3 Å². The summed E-state index contributed by atoms with van der Waals surface area (Å²) in [5.41, 5.74) is 6.79. The molecule has 0 unspecified atom stereocenters. The van der Waals surface area contributed by atoms with E-state index < -0.39 is 0 Å². The van der Waals surface area contributed by atoms with Gasteiger partial charge in [-0.05, 0) is 12.1 Å². The van der Waals surface area contributed by atoms with Crippen LogP contribution in [0.25, 0.3) is 0 Å². The minimum absolute atomic E-state index is 0.175. The van der Waals surface area contributed by atoms with Crippen molar-refractivity contribution in [3.05, 3.63) is 30.7 Å². The van der Waals surface area contributed by atoms with E-state index >= 15 is 0 Å². The summed E-state index contributed by atoms with van der Waals surface area (Å²) in [4.78, 5) is 15.7. The smallest absolute Gasteiger partial charge is 0.256 e. The van der Waals surface area contributed by atoms with Crippen molar-refractivity contribution in [3.63, 3.8) is 0 Å². The molecule has 1 heterocycles. The van der Waals surface area contributed by atoms with Crippen LogP contribution in [0, 0.1) is 0 Å². The molecule has 2 rings (SSSR count). The Labute approximate surface area is 114 Å². The van der Waals surface area contributed by atoms with Crippen molar-refractivity contribution in [2.24, 2.45) is 0 Å². The van der Waals surface area contributed by atoms with Crippen molar-refractivity contribution in [1.29, 1.82) is 0 Å². The van der Waals surface area contributed by atoms with E-state index in [9.17, 15) is 4.79 Å². The van der Waals surface area contributed by atoms with Gasteiger partial charge in [-0.3, -0.25) is 4.79 Å². The lowest BCUT2D eigenvalue weighted by atomic mass is 10.2. The minimum Gasteiger partial charge on any atom is -0.494 e. The lowest BCUT2D eigenvalue weighted by molar-refractivity contribution is -0.113. The zero-order valence-corrected chi connectivity index (χ0v) is 11.1. The largest absolute Gasteiger partial charge is 0.494 e. The third-order valence-corrected chi connectivity index (χ3v) is 3.09. The highest BCUT2D eigenvalue weighted by Gasteiger charge is 2.09. The lowest BCUT2D eigenvalue weighted by Crippen LogP contribution is -2.14. The normalized spacial score (nSPS) is 10.2. The third kappa shape index (κ3) is 3.65. The number of nitrogens with zero attached hydrogens (tertiary/aromatic N) is 1. The van der Waals surface area contributed by atoms with Crippen LogP contribution in [0.1, 0.15) is 0 Å². The van der Waals surface area contributed by atoms with Crippen molar-refractivity contribution >= 4 is 29.0 Å². The Morgan fingerprint density at radius 2 is 2.42 bits per heavy atom. The average molecular weight is 279 g/mol. The molecule has 2 aromatic rings. The van der Waals surface area contributed by atoms with Gasteiger partial charge in [-0.25, -0.2) is 4.98 Å². The molecule has 0 aliphatic rings. The summed E-state index contributed by atoms with van der Waals surface area (Å²) in [5, 5.41) is 3.20. The summed E-state index contributed by atoms with van der Waals surface area (Å²) >= 11 is 1.22. The van der Waals surface area contributed by atoms with Crippen molar-refractivity contribution in [2.75, 3.05) is 23.9 Å². The van der Waals surface area contributed by atoms with Crippen LogP contribution in [0.5, 0.6) is 5.75 Å². The number of carbonyl (C=O) groups excluding carboxylic acids is 1. The van der Waals surface area contributed by atoms with Crippen molar-refractivity contribution in [3.8, 4) is 5.75 Å². The Morgan fingerprint density at radius 3 is 3.11 bits per heavy atom. The number of thioether (sulfide) groups is 1. The summed E-state index contributed by atoms with van der Waals surface area (Å²) in [6, 6.07) is 5.04. The van der Waals surface area contributed by atoms with E-state index in [1.165, 1.54) is 31.3 Å². The van der Waals surface area contributed by atoms with Gasteiger partial charge in [0, 0.05) is 11.8 Å². The molecule has 6 nitrogen and oxygen atoms in total. The molecule has 1 aromatic carbocycles. The predicted octanol–water partition coefficient (Wildman–Crippen LogP) is 2.00. The molecule has 7 heteroatoms. The van der Waals surface area contributed by atoms with E-state index in [0.29, 0.717) is 22.3 Å². The van der Waals surface area contributed by atoms with Gasteiger partial charge in [0.25, 0.3) is 5.22 Å². The van der Waals surface area contributed by atoms with E-state index in [0.717, 1.165) is 0 Å². The lowest BCUT2D eigenvalue weighted by Gasteiger charge is -2.10. The van der Waals surface area contributed by atoms with Gasteiger partial charge in [0.1, 0.15) is 12.0 Å². The number of carbonyl (C=O) groups is 1. The molecule has 3 N–H and O–H groups in total. The molecule has 0 fully saturated rings. The second-order valence-electron chi connectivity index (χ2n) is 3.59. The first-order chi connectivity index (χ1) is 9.19. The standard InChI is InChI=1S/C12H13N3O3S/c1-17-10-6-8(13)2-3-9(10)15-11(16)7-19-12-14-4-5-18-12/h2-6H,7,13H2,1H3,(H,15,16). The molecule has 19 heavy (non-hydrogen) atoms. The number of oxazole rings is 1. The van der Waals surface area contributed by atoms with E-state index in [1.54, 1.807) is 18.2 Å². The maximum Gasteiger partial charge on any atom is 0.256 e. The quantitative estimate of drug-likeness (QED) is 0.642. The van der Waals surface area contributed by atoms with Gasteiger partial charge in [0.15, 0.2) is 0 Å². The van der Waals surface area contributed by atoms with Crippen molar-refractivity contribution < 1.29 is 13.9 Å². The Morgan fingerprint density at radius 1 is 1.58 bits per heavy atom. The maximum atomic E-state index is 11.8. The molecule has 0 saturated carbocycles. The van der Waals surface area contributed by atoms with Crippen LogP contribution >= 0.6 is 11.8 Å². The third-order valence-electron chi connectivity index (χ3n) is 2.24. The zero-order valence-electron chi connectivity index (χ0n) is 10.3. The molecular weight excluding hydrogens is 266 g/mol. The summed E-state index contributed by atoms with van der Waals surface area (Å²) in [5.74, 6) is 0.550. The Hall–Kier alpha value is -2.15. The molecule has 1 amide bonds. The topological polar surface area (TPSA) is 90.4 Å². The van der Waals surface area contributed by atoms with Crippen molar-refractivity contribution in [2.45, 2.75) is 5.22 Å². The average Bonchev–Trinajstić information content (AvgIpc) is 2.91. The van der Waals surface area contributed by atoms with Gasteiger partial charge >= 0.3 is 0 Å². The fourth-order valence-corrected chi connectivity index (χ4v) is 1.99. The summed E-state index contributed by atoms with van der Waals surface area (Å²) in [6.45, 7) is 0. The maximum absolute atomic E-state index is 11.8. The number of hydrogen-bond acceptors (Lipinski definition) is 6. The SMILES string of the molecule is COc1cc(N)ccc1NC(=O)CSc1ncco1. The molecule has 100 valence electrons. The molecular formula is C12H13N3O3S. The number of methoxy groups -OCH3 is 1. The minimum atomic E-state index is -0.175. The number of hydrogen-bond donors (Lipinski definition) is 2. The van der Waals surface area contributed by atoms with Crippen molar-refractivity contribution in [1.82, 2.24) is 4.98 Å². The van der Waals surface area contributed by atoms with Gasteiger partial charge < -0.3 is 20.2 Å². The fourth-order valence-electron chi connectivity index (χ4n) is 1.41. The van der Waals surface area contributed by atoms with Crippen LogP contribution in [-0.4, -0.2) is 23.8 Å². The molecule has 0 aliphatic carbocycles. The summed E-state index contributed by atoms with van der Waals surface area (Å²) in [6.07, 6.45) is 2.99. The second kappa shape index (κ2) is 6.14. The van der Waals surface area contributed by atoms with Crippen LogP contribution in [0.15, 0.2) is 40.3 Å². The number of amides is 1. The molecule has 1 aromatic heterocycles. The first-order valence-electron chi connectivity index (χ1n) is 5.44. The summed E-state index contributed by atoms with van der Waals surface area (Å²) in [7, 11) is 1.52. The number of anilines is 2. The van der Waals surface area contributed by atoms with E-state index in [1.807, 2.05) is 0 Å². The molecule has 0 saturated heterocycles. The van der Waals surface area contributed by atoms with Crippen LogP contribution in [0.2, 0.25) is 0 Å². The zero-order chi connectivity index (χ0) is 13.7. The Balaban J connectivity index is 1.95. The molecule has 0 bridgehead atoms. The molecule has 0 radical (unpaired) electrons. The number of aromatic nitrogens is 1. The monoisotopic (exact) mass is 279 g/mol. The first-order valence-corrected chi connectivity index (χ1v) is 6.43. The number of rotatable bonds is 5. The Kier molecular flexibility index (Phi) is 4.30. The van der Waals surface area contributed by atoms with Crippen LogP contribution < -0.4 is 15.8 Å². The van der Waals surface area contributed by atoms with Gasteiger partial charge in [-0.2, -0.15) is 0 Å². The molecule has 0 spiro atoms. The number of nitrogen functional groups attached to an aromatic ring is 1. The second-order valence-corrected chi connectivity index (χ2v) is 4.52. The fraction of sp³-hybridized carbons (Fsp3) is 0.167. The Bertz CT molecular complexity index is 557. The predicted molar refractivity (Wildman–Crippen MR) is 73.3 cm³/mol. The number of benzene rings is 1. The number of nitrogens with two attached hydrogens (primary N) is 1. The molecule has 0 aliphatic heterocycles. The van der Waals surface area contributed by atoms with Gasteiger partial charge in [0.05, 0.1) is 24.7 Å². The number of ether oxygens (including phenoxy) is 1. The van der Waals surface area contributed by atoms with Gasteiger partial charge in [0.2, 0.25) is 5.91 Å². The first kappa shape index (κ1) is 13.3. The van der Waals surface area contributed by atoms with E-state index in [4.69, 9.17) is 14.9 Å². The van der Waals surface area contributed by atoms with Crippen LogP contribution in [0.3, 0.4) is 0 Å². The highest BCUT2D eigenvalue weighted by Crippen LogP contribution is 2.27. The molecule has 0 atom stereocenters. The van der Waals surface area contributed by atoms with Gasteiger partial charge in [-0.15, -0.1) is 0 Å².